The Kier molecular flexibility index (Phi) is 4.15. The molecule has 0 radical (unpaired) electrons. The van der Waals surface area contributed by atoms with E-state index in [0.29, 0.717) is 0 Å². The Bertz CT molecular complexity index is 701. The molecular weight excluding hydrogens is 333 g/mol. The largest absolute Gasteiger partial charge is 0.264 e. The first-order valence-electron chi connectivity index (χ1n) is 4.84. The first kappa shape index (κ1) is 14.3. The Hall–Kier alpha value is -1.08. The molecule has 19 heavy (non-hydrogen) atoms. The molecule has 0 spiro atoms. The zero-order valence-electron chi connectivity index (χ0n) is 9.14. The first-order chi connectivity index (χ1) is 8.87. The van der Waals surface area contributed by atoms with Crippen molar-refractivity contribution in [2.75, 3.05) is 4.72 Å². The number of hydrogen-bond donors (Lipinski definition) is 1. The molecule has 0 saturated carbocycles. The molecule has 2 rings (SSSR count). The van der Waals surface area contributed by atoms with Crippen molar-refractivity contribution in [1.29, 1.82) is 0 Å². The summed E-state index contributed by atoms with van der Waals surface area (Å²) in [4.78, 5) is 7.38. The Labute approximate surface area is 124 Å². The molecule has 0 saturated heterocycles. The number of nitrogens with zero attached hydrogens (tertiary/aromatic N) is 2. The molecule has 0 atom stereocenters. The second kappa shape index (κ2) is 5.50. The Balaban J connectivity index is 2.37. The van der Waals surface area contributed by atoms with Crippen LogP contribution in [0, 0.1) is 0 Å². The fraction of sp³-hybridized carbons (Fsp3) is 0. The smallest absolute Gasteiger partial charge is 0.247 e. The van der Waals surface area contributed by atoms with Crippen molar-refractivity contribution < 1.29 is 8.42 Å². The van der Waals surface area contributed by atoms with Gasteiger partial charge in [0.15, 0.2) is 0 Å². The third-order valence-corrected chi connectivity index (χ3v) is 3.95. The van der Waals surface area contributed by atoms with Gasteiger partial charge in [0.1, 0.15) is 5.15 Å². The van der Waals surface area contributed by atoms with Gasteiger partial charge in [0.25, 0.3) is 10.0 Å². The van der Waals surface area contributed by atoms with Crippen molar-refractivity contribution >= 4 is 50.8 Å². The second-order valence-electron chi connectivity index (χ2n) is 3.41. The van der Waals surface area contributed by atoms with E-state index in [2.05, 4.69) is 14.7 Å². The van der Waals surface area contributed by atoms with Gasteiger partial charge in [0.05, 0.1) is 4.90 Å². The van der Waals surface area contributed by atoms with E-state index in [9.17, 15) is 8.42 Å². The molecule has 0 aliphatic carbocycles. The molecule has 1 aromatic carbocycles. The molecule has 0 aliphatic heterocycles. The van der Waals surface area contributed by atoms with Crippen LogP contribution in [0.1, 0.15) is 0 Å². The van der Waals surface area contributed by atoms with Gasteiger partial charge in [-0.1, -0.05) is 34.8 Å². The minimum Gasteiger partial charge on any atom is -0.247 e. The number of halogens is 3. The topological polar surface area (TPSA) is 72.0 Å². The van der Waals surface area contributed by atoms with Gasteiger partial charge in [-0.3, -0.25) is 0 Å². The van der Waals surface area contributed by atoms with Gasteiger partial charge in [-0.15, -0.1) is 0 Å². The number of sulfonamides is 1. The predicted octanol–water partition coefficient (Wildman–Crippen LogP) is 3.24. The summed E-state index contributed by atoms with van der Waals surface area (Å²) >= 11 is 17.2. The van der Waals surface area contributed by atoms with Crippen LogP contribution in [0.15, 0.2) is 35.4 Å². The highest BCUT2D eigenvalue weighted by Gasteiger charge is 2.17. The zero-order valence-corrected chi connectivity index (χ0v) is 12.2. The average Bonchev–Trinajstić information content (AvgIpc) is 2.26. The van der Waals surface area contributed by atoms with E-state index in [1.165, 1.54) is 30.5 Å². The average molecular weight is 339 g/mol. The lowest BCUT2D eigenvalue weighted by atomic mass is 10.4. The highest BCUT2D eigenvalue weighted by Crippen LogP contribution is 2.23. The quantitative estimate of drug-likeness (QED) is 0.872. The normalized spacial score (nSPS) is 11.3. The third kappa shape index (κ3) is 3.70. The monoisotopic (exact) mass is 337 g/mol. The van der Waals surface area contributed by atoms with Gasteiger partial charge >= 0.3 is 0 Å². The fourth-order valence-electron chi connectivity index (χ4n) is 1.25. The summed E-state index contributed by atoms with van der Waals surface area (Å²) < 4.78 is 26.3. The Morgan fingerprint density at radius 1 is 1.05 bits per heavy atom. The van der Waals surface area contributed by atoms with E-state index in [1.807, 2.05) is 0 Å². The Morgan fingerprint density at radius 3 is 2.26 bits per heavy atom. The zero-order chi connectivity index (χ0) is 14.0. The maximum Gasteiger partial charge on any atom is 0.264 e. The van der Waals surface area contributed by atoms with Crippen molar-refractivity contribution in [2.24, 2.45) is 0 Å². The molecule has 100 valence electrons. The van der Waals surface area contributed by atoms with Gasteiger partial charge in [0, 0.05) is 16.2 Å². The summed E-state index contributed by atoms with van der Waals surface area (Å²) in [6.45, 7) is 0. The molecule has 9 heteroatoms. The summed E-state index contributed by atoms with van der Waals surface area (Å²) in [6.07, 6.45) is 1.33. The number of rotatable bonds is 3. The lowest BCUT2D eigenvalue weighted by Crippen LogP contribution is -2.15. The van der Waals surface area contributed by atoms with Gasteiger partial charge < -0.3 is 0 Å². The number of aromatic nitrogens is 2. The summed E-state index contributed by atoms with van der Waals surface area (Å²) in [6, 6.07) is 5.38. The molecular formula is C10H6Cl3N3O2S. The van der Waals surface area contributed by atoms with Crippen LogP contribution >= 0.6 is 34.8 Å². The summed E-state index contributed by atoms with van der Waals surface area (Å²) in [7, 11) is -3.88. The molecule has 1 heterocycles. The molecule has 5 nitrogen and oxygen atoms in total. The van der Waals surface area contributed by atoms with Crippen LogP contribution in [0.25, 0.3) is 0 Å². The summed E-state index contributed by atoms with van der Waals surface area (Å²) in [5, 5.41) is 0.539. The number of nitrogens with one attached hydrogen (secondary N) is 1. The summed E-state index contributed by atoms with van der Waals surface area (Å²) in [5.41, 5.74) is 0. The van der Waals surface area contributed by atoms with Crippen molar-refractivity contribution in [3.05, 3.63) is 45.7 Å². The molecule has 0 bridgehead atoms. The molecule has 1 aromatic heterocycles. The molecule has 0 fully saturated rings. The predicted molar refractivity (Wildman–Crippen MR) is 74.3 cm³/mol. The van der Waals surface area contributed by atoms with Crippen LogP contribution in [-0.4, -0.2) is 18.4 Å². The molecule has 1 N–H and O–H groups in total. The Morgan fingerprint density at radius 2 is 1.68 bits per heavy atom. The van der Waals surface area contributed by atoms with E-state index >= 15 is 0 Å². The highest BCUT2D eigenvalue weighted by atomic mass is 35.5. The second-order valence-corrected chi connectivity index (χ2v) is 6.36. The molecule has 0 unspecified atom stereocenters. The van der Waals surface area contributed by atoms with Crippen molar-refractivity contribution in [1.82, 2.24) is 9.97 Å². The van der Waals surface area contributed by atoms with Crippen LogP contribution in [-0.2, 0) is 10.0 Å². The van der Waals surface area contributed by atoms with Crippen LogP contribution in [0.2, 0.25) is 15.2 Å². The molecule has 2 aromatic rings. The minimum atomic E-state index is -3.88. The maximum absolute atomic E-state index is 12.1. The van der Waals surface area contributed by atoms with E-state index in [4.69, 9.17) is 34.8 Å². The molecule has 0 aliphatic rings. The van der Waals surface area contributed by atoms with E-state index in [1.54, 1.807) is 0 Å². The minimum absolute atomic E-state index is 0.0893. The van der Waals surface area contributed by atoms with E-state index in [0.717, 1.165) is 0 Å². The first-order valence-corrected chi connectivity index (χ1v) is 7.46. The number of benzene rings is 1. The van der Waals surface area contributed by atoms with E-state index in [-0.39, 0.29) is 26.0 Å². The highest BCUT2D eigenvalue weighted by molar-refractivity contribution is 7.92. The van der Waals surface area contributed by atoms with E-state index < -0.39 is 10.0 Å². The fourth-order valence-corrected chi connectivity index (χ4v) is 3.06. The summed E-state index contributed by atoms with van der Waals surface area (Å²) in [5.74, 6) is -0.136. The number of anilines is 1. The SMILES string of the molecule is O=S(=O)(Nc1nccc(Cl)n1)c1cc(Cl)cc(Cl)c1. The van der Waals surface area contributed by atoms with Crippen molar-refractivity contribution in [2.45, 2.75) is 4.90 Å². The van der Waals surface area contributed by atoms with Crippen LogP contribution < -0.4 is 4.72 Å². The number of hydrogen-bond acceptors (Lipinski definition) is 4. The standard InChI is InChI=1S/C10H6Cl3N3O2S/c11-6-3-7(12)5-8(4-6)19(17,18)16-10-14-2-1-9(13)15-10/h1-5H,(H,14,15,16). The van der Waals surface area contributed by atoms with Crippen LogP contribution in [0.4, 0.5) is 5.95 Å². The van der Waals surface area contributed by atoms with Crippen molar-refractivity contribution in [3.8, 4) is 0 Å². The van der Waals surface area contributed by atoms with Gasteiger partial charge in [-0.05, 0) is 24.3 Å². The van der Waals surface area contributed by atoms with Crippen molar-refractivity contribution in [3.63, 3.8) is 0 Å². The van der Waals surface area contributed by atoms with Crippen LogP contribution in [0.3, 0.4) is 0 Å². The maximum atomic E-state index is 12.1. The van der Waals surface area contributed by atoms with Gasteiger partial charge in [-0.25, -0.2) is 23.1 Å². The van der Waals surface area contributed by atoms with Gasteiger partial charge in [0.2, 0.25) is 5.95 Å². The lowest BCUT2D eigenvalue weighted by molar-refractivity contribution is 0.601. The van der Waals surface area contributed by atoms with Crippen LogP contribution in [0.5, 0.6) is 0 Å². The third-order valence-electron chi connectivity index (χ3n) is 1.99. The molecule has 0 amide bonds. The van der Waals surface area contributed by atoms with Gasteiger partial charge in [-0.2, -0.15) is 0 Å². The lowest BCUT2D eigenvalue weighted by Gasteiger charge is -2.07.